The van der Waals surface area contributed by atoms with Gasteiger partial charge in [0.15, 0.2) is 0 Å². The SMILES string of the molecule is COC(=O)c1cc(NS(=O)(=O)c2sc3ccc(Cl)cc3c2C)ccc1O. The molecular weight excluding hydrogens is 398 g/mol. The van der Waals surface area contributed by atoms with E-state index >= 15 is 0 Å². The number of fused-ring (bicyclic) bond motifs is 1. The number of aromatic hydroxyl groups is 1. The Morgan fingerprint density at radius 1 is 1.23 bits per heavy atom. The molecule has 0 atom stereocenters. The molecule has 0 fully saturated rings. The van der Waals surface area contributed by atoms with Crippen molar-refractivity contribution in [1.29, 1.82) is 0 Å². The fourth-order valence-corrected chi connectivity index (χ4v) is 5.47. The Kier molecular flexibility index (Phi) is 4.83. The van der Waals surface area contributed by atoms with Gasteiger partial charge >= 0.3 is 5.97 Å². The van der Waals surface area contributed by atoms with Crippen molar-refractivity contribution < 1.29 is 23.1 Å². The van der Waals surface area contributed by atoms with Crippen molar-refractivity contribution in [2.75, 3.05) is 11.8 Å². The van der Waals surface area contributed by atoms with Crippen molar-refractivity contribution in [1.82, 2.24) is 0 Å². The third kappa shape index (κ3) is 3.35. The lowest BCUT2D eigenvalue weighted by Gasteiger charge is -2.09. The third-order valence-electron chi connectivity index (χ3n) is 3.75. The molecule has 0 aliphatic rings. The van der Waals surface area contributed by atoms with E-state index in [9.17, 15) is 18.3 Å². The number of methoxy groups -OCH3 is 1. The van der Waals surface area contributed by atoms with Crippen LogP contribution in [0.1, 0.15) is 15.9 Å². The van der Waals surface area contributed by atoms with Crippen molar-refractivity contribution in [3.05, 3.63) is 52.5 Å². The van der Waals surface area contributed by atoms with Crippen LogP contribution in [0.4, 0.5) is 5.69 Å². The minimum atomic E-state index is -3.89. The van der Waals surface area contributed by atoms with E-state index in [1.54, 1.807) is 25.1 Å². The molecule has 0 aliphatic carbocycles. The summed E-state index contributed by atoms with van der Waals surface area (Å²) < 4.78 is 33.6. The molecule has 3 aromatic rings. The monoisotopic (exact) mass is 411 g/mol. The van der Waals surface area contributed by atoms with E-state index in [0.29, 0.717) is 10.6 Å². The molecule has 0 bridgehead atoms. The Bertz CT molecular complexity index is 1120. The zero-order chi connectivity index (χ0) is 19.1. The summed E-state index contributed by atoms with van der Waals surface area (Å²) in [6, 6.07) is 8.99. The highest BCUT2D eigenvalue weighted by molar-refractivity contribution is 7.94. The minimum Gasteiger partial charge on any atom is -0.507 e. The lowest BCUT2D eigenvalue weighted by Crippen LogP contribution is -2.13. The smallest absolute Gasteiger partial charge is 0.341 e. The zero-order valence-corrected chi connectivity index (χ0v) is 16.1. The van der Waals surface area contributed by atoms with Gasteiger partial charge in [-0.05, 0) is 54.3 Å². The van der Waals surface area contributed by atoms with Crippen LogP contribution in [0.5, 0.6) is 5.75 Å². The Balaban J connectivity index is 2.02. The summed E-state index contributed by atoms with van der Waals surface area (Å²) in [4.78, 5) is 11.7. The van der Waals surface area contributed by atoms with Crippen molar-refractivity contribution in [3.63, 3.8) is 0 Å². The highest BCUT2D eigenvalue weighted by atomic mass is 35.5. The number of hydrogen-bond acceptors (Lipinski definition) is 6. The van der Waals surface area contributed by atoms with E-state index in [4.69, 9.17) is 11.6 Å². The number of phenolic OH excluding ortho intramolecular Hbond substituents is 1. The van der Waals surface area contributed by atoms with Gasteiger partial charge in [-0.3, -0.25) is 4.72 Å². The largest absolute Gasteiger partial charge is 0.507 e. The van der Waals surface area contributed by atoms with E-state index in [1.807, 2.05) is 0 Å². The van der Waals surface area contributed by atoms with Gasteiger partial charge in [0.25, 0.3) is 10.0 Å². The van der Waals surface area contributed by atoms with Crippen LogP contribution in [-0.4, -0.2) is 26.6 Å². The highest BCUT2D eigenvalue weighted by Gasteiger charge is 2.23. The second-order valence-electron chi connectivity index (χ2n) is 5.48. The molecule has 6 nitrogen and oxygen atoms in total. The molecule has 136 valence electrons. The number of halogens is 1. The third-order valence-corrected chi connectivity index (χ3v) is 7.26. The van der Waals surface area contributed by atoms with Crippen LogP contribution < -0.4 is 4.72 Å². The van der Waals surface area contributed by atoms with Gasteiger partial charge in [0.2, 0.25) is 0 Å². The molecule has 2 N–H and O–H groups in total. The summed E-state index contributed by atoms with van der Waals surface area (Å²) in [6.45, 7) is 1.71. The second kappa shape index (κ2) is 6.79. The maximum Gasteiger partial charge on any atom is 0.341 e. The highest BCUT2D eigenvalue weighted by Crippen LogP contribution is 2.36. The molecule has 1 aromatic heterocycles. The molecule has 9 heteroatoms. The average Bonchev–Trinajstić information content (AvgIpc) is 2.93. The van der Waals surface area contributed by atoms with Gasteiger partial charge in [-0.2, -0.15) is 0 Å². The van der Waals surface area contributed by atoms with Gasteiger partial charge in [-0.1, -0.05) is 11.6 Å². The van der Waals surface area contributed by atoms with Gasteiger partial charge in [0, 0.05) is 15.4 Å². The summed E-state index contributed by atoms with van der Waals surface area (Å²) in [6.07, 6.45) is 0. The minimum absolute atomic E-state index is 0.132. The van der Waals surface area contributed by atoms with Gasteiger partial charge < -0.3 is 9.84 Å². The number of nitrogens with one attached hydrogen (secondary N) is 1. The van der Waals surface area contributed by atoms with Gasteiger partial charge in [-0.25, -0.2) is 13.2 Å². The summed E-state index contributed by atoms with van der Waals surface area (Å²) in [7, 11) is -2.72. The summed E-state index contributed by atoms with van der Waals surface area (Å²) in [5.74, 6) is -1.07. The lowest BCUT2D eigenvalue weighted by atomic mass is 10.2. The van der Waals surface area contributed by atoms with Crippen LogP contribution in [0.15, 0.2) is 40.6 Å². The summed E-state index contributed by atoms with van der Waals surface area (Å²) in [5, 5.41) is 11.0. The molecule has 0 amide bonds. The number of anilines is 1. The number of carbonyl (C=O) groups excluding carboxylic acids is 1. The molecule has 0 aliphatic heterocycles. The van der Waals surface area contributed by atoms with Crippen molar-refractivity contribution in [2.45, 2.75) is 11.1 Å². The van der Waals surface area contributed by atoms with E-state index in [0.717, 1.165) is 21.4 Å². The molecule has 0 saturated heterocycles. The standard InChI is InChI=1S/C17H14ClNO5S2/c1-9-12-7-10(18)3-6-15(12)25-17(9)26(22,23)19-11-4-5-14(20)13(8-11)16(21)24-2/h3-8,19-20H,1-2H3. The maximum absolute atomic E-state index is 12.8. The normalized spacial score (nSPS) is 11.5. The van der Waals surface area contributed by atoms with Crippen molar-refractivity contribution in [3.8, 4) is 5.75 Å². The van der Waals surface area contributed by atoms with E-state index < -0.39 is 16.0 Å². The van der Waals surface area contributed by atoms with E-state index in [-0.39, 0.29) is 21.2 Å². The maximum atomic E-state index is 12.8. The van der Waals surface area contributed by atoms with Crippen LogP contribution in [0.2, 0.25) is 5.02 Å². The fourth-order valence-electron chi connectivity index (χ4n) is 2.50. The summed E-state index contributed by atoms with van der Waals surface area (Å²) >= 11 is 7.12. The number of thiophene rings is 1. The van der Waals surface area contributed by atoms with Gasteiger partial charge in [0.1, 0.15) is 15.5 Å². The van der Waals surface area contributed by atoms with Crippen molar-refractivity contribution in [2.24, 2.45) is 0 Å². The Labute approximate surface area is 159 Å². The molecule has 0 unspecified atom stereocenters. The molecule has 3 rings (SSSR count). The van der Waals surface area contributed by atoms with Gasteiger partial charge in [-0.15, -0.1) is 11.3 Å². The summed E-state index contributed by atoms with van der Waals surface area (Å²) in [5.41, 5.74) is 0.595. The average molecular weight is 412 g/mol. The van der Waals surface area contributed by atoms with Crippen LogP contribution in [0.3, 0.4) is 0 Å². The van der Waals surface area contributed by atoms with Crippen LogP contribution >= 0.6 is 22.9 Å². The number of hydrogen-bond donors (Lipinski definition) is 2. The van der Waals surface area contributed by atoms with Crippen LogP contribution in [0.25, 0.3) is 10.1 Å². The number of ether oxygens (including phenoxy) is 1. The van der Waals surface area contributed by atoms with Crippen LogP contribution in [-0.2, 0) is 14.8 Å². The Hall–Kier alpha value is -2.29. The molecule has 1 heterocycles. The van der Waals surface area contributed by atoms with Crippen LogP contribution in [0, 0.1) is 6.92 Å². The number of esters is 1. The molecule has 0 spiro atoms. The zero-order valence-electron chi connectivity index (χ0n) is 13.7. The lowest BCUT2D eigenvalue weighted by molar-refractivity contribution is 0.0597. The fraction of sp³-hybridized carbons (Fsp3) is 0.118. The van der Waals surface area contributed by atoms with Crippen molar-refractivity contribution >= 4 is 54.7 Å². The predicted molar refractivity (Wildman–Crippen MR) is 102 cm³/mol. The molecule has 26 heavy (non-hydrogen) atoms. The number of sulfonamides is 1. The second-order valence-corrected chi connectivity index (χ2v) is 8.85. The Morgan fingerprint density at radius 2 is 1.96 bits per heavy atom. The number of carbonyl (C=O) groups is 1. The molecule has 2 aromatic carbocycles. The van der Waals surface area contributed by atoms with Gasteiger partial charge in [0.05, 0.1) is 7.11 Å². The molecule has 0 radical (unpaired) electrons. The number of aryl methyl sites for hydroxylation is 1. The predicted octanol–water partition coefficient (Wildman–Crippen LogP) is 4.16. The first-order valence-corrected chi connectivity index (χ1v) is 10.0. The van der Waals surface area contributed by atoms with E-state index in [1.165, 1.54) is 25.3 Å². The topological polar surface area (TPSA) is 92.7 Å². The number of benzene rings is 2. The number of rotatable bonds is 4. The first-order chi connectivity index (χ1) is 12.2. The Morgan fingerprint density at radius 3 is 2.65 bits per heavy atom. The first-order valence-electron chi connectivity index (χ1n) is 7.35. The number of phenols is 1. The molecular formula is C17H14ClNO5S2. The van der Waals surface area contributed by atoms with E-state index in [2.05, 4.69) is 9.46 Å². The molecule has 0 saturated carbocycles. The quantitative estimate of drug-likeness (QED) is 0.496. The first kappa shape index (κ1) is 18.5.